The number of amides is 1. The number of phenolic OH excluding ortho intramolecular Hbond substituents is 1. The molecule has 1 saturated heterocycles. The third-order valence-electron chi connectivity index (χ3n) is 3.03. The SMILES string of the molecule is O=C(NCc1ccc(O)cc1)C1CCCCN1. The van der Waals surface area contributed by atoms with Crippen LogP contribution in [0.15, 0.2) is 24.3 Å². The van der Waals surface area contributed by atoms with Crippen LogP contribution in [0.25, 0.3) is 0 Å². The molecule has 1 heterocycles. The van der Waals surface area contributed by atoms with Crippen LogP contribution in [-0.2, 0) is 11.3 Å². The van der Waals surface area contributed by atoms with Crippen LogP contribution in [0, 0.1) is 0 Å². The topological polar surface area (TPSA) is 61.4 Å². The largest absolute Gasteiger partial charge is 0.508 e. The molecular formula is C13H18N2O2. The quantitative estimate of drug-likeness (QED) is 0.735. The van der Waals surface area contributed by atoms with Gasteiger partial charge in [-0.3, -0.25) is 4.79 Å². The molecule has 1 fully saturated rings. The second-order valence-corrected chi connectivity index (χ2v) is 4.39. The molecule has 1 atom stereocenters. The number of aromatic hydroxyl groups is 1. The minimum Gasteiger partial charge on any atom is -0.508 e. The van der Waals surface area contributed by atoms with Crippen molar-refractivity contribution in [2.24, 2.45) is 0 Å². The summed E-state index contributed by atoms with van der Waals surface area (Å²) >= 11 is 0. The van der Waals surface area contributed by atoms with Crippen molar-refractivity contribution >= 4 is 5.91 Å². The summed E-state index contributed by atoms with van der Waals surface area (Å²) in [6, 6.07) is 6.83. The van der Waals surface area contributed by atoms with Gasteiger partial charge in [-0.15, -0.1) is 0 Å². The molecule has 1 aromatic rings. The van der Waals surface area contributed by atoms with Crippen molar-refractivity contribution in [3.63, 3.8) is 0 Å². The Balaban J connectivity index is 1.81. The summed E-state index contributed by atoms with van der Waals surface area (Å²) < 4.78 is 0. The molecule has 17 heavy (non-hydrogen) atoms. The number of hydrogen-bond donors (Lipinski definition) is 3. The van der Waals surface area contributed by atoms with Crippen molar-refractivity contribution in [2.45, 2.75) is 31.8 Å². The predicted octanol–water partition coefficient (Wildman–Crippen LogP) is 1.15. The van der Waals surface area contributed by atoms with Crippen LogP contribution in [-0.4, -0.2) is 23.6 Å². The Morgan fingerprint density at radius 3 is 2.76 bits per heavy atom. The van der Waals surface area contributed by atoms with Crippen molar-refractivity contribution in [1.82, 2.24) is 10.6 Å². The van der Waals surface area contributed by atoms with Gasteiger partial charge in [-0.1, -0.05) is 18.6 Å². The average Bonchev–Trinajstić information content (AvgIpc) is 2.39. The molecule has 0 aromatic heterocycles. The summed E-state index contributed by atoms with van der Waals surface area (Å²) in [5, 5.41) is 15.3. The summed E-state index contributed by atoms with van der Waals surface area (Å²) in [4.78, 5) is 11.8. The van der Waals surface area contributed by atoms with Crippen LogP contribution in [0.2, 0.25) is 0 Å². The van der Waals surface area contributed by atoms with Gasteiger partial charge in [0.25, 0.3) is 0 Å². The van der Waals surface area contributed by atoms with E-state index in [4.69, 9.17) is 5.11 Å². The minimum absolute atomic E-state index is 0.0409. The van der Waals surface area contributed by atoms with Crippen LogP contribution < -0.4 is 10.6 Å². The average molecular weight is 234 g/mol. The van der Waals surface area contributed by atoms with Gasteiger partial charge in [0.15, 0.2) is 0 Å². The lowest BCUT2D eigenvalue weighted by Crippen LogP contribution is -2.46. The molecule has 0 saturated carbocycles. The molecular weight excluding hydrogens is 216 g/mol. The maximum atomic E-state index is 11.8. The highest BCUT2D eigenvalue weighted by atomic mass is 16.3. The molecule has 92 valence electrons. The van der Waals surface area contributed by atoms with Gasteiger partial charge in [0, 0.05) is 6.54 Å². The van der Waals surface area contributed by atoms with Gasteiger partial charge >= 0.3 is 0 Å². The summed E-state index contributed by atoms with van der Waals surface area (Å²) in [5.41, 5.74) is 0.993. The molecule has 1 unspecified atom stereocenters. The molecule has 3 N–H and O–H groups in total. The summed E-state index contributed by atoms with van der Waals surface area (Å²) in [6.07, 6.45) is 3.19. The summed E-state index contributed by atoms with van der Waals surface area (Å²) in [5.74, 6) is 0.312. The molecule has 2 rings (SSSR count). The first kappa shape index (κ1) is 11.9. The van der Waals surface area contributed by atoms with Crippen LogP contribution in [0.3, 0.4) is 0 Å². The van der Waals surface area contributed by atoms with E-state index in [1.165, 1.54) is 0 Å². The molecule has 4 heteroatoms. The number of phenols is 1. The Hall–Kier alpha value is -1.55. The van der Waals surface area contributed by atoms with Crippen LogP contribution in [0.4, 0.5) is 0 Å². The predicted molar refractivity (Wildman–Crippen MR) is 65.6 cm³/mol. The van der Waals surface area contributed by atoms with E-state index < -0.39 is 0 Å². The zero-order valence-electron chi connectivity index (χ0n) is 9.78. The van der Waals surface area contributed by atoms with E-state index in [0.717, 1.165) is 31.4 Å². The maximum Gasteiger partial charge on any atom is 0.237 e. The monoisotopic (exact) mass is 234 g/mol. The number of rotatable bonds is 3. The van der Waals surface area contributed by atoms with E-state index in [1.54, 1.807) is 12.1 Å². The standard InChI is InChI=1S/C13H18N2O2/c16-11-6-4-10(5-7-11)9-15-13(17)12-3-1-2-8-14-12/h4-7,12,14,16H,1-3,8-9H2,(H,15,17). The van der Waals surface area contributed by atoms with Crippen LogP contribution in [0.5, 0.6) is 5.75 Å². The Morgan fingerprint density at radius 2 is 2.12 bits per heavy atom. The number of piperidine rings is 1. The van der Waals surface area contributed by atoms with Gasteiger partial charge in [-0.2, -0.15) is 0 Å². The first-order chi connectivity index (χ1) is 8.25. The van der Waals surface area contributed by atoms with Crippen molar-refractivity contribution in [3.8, 4) is 5.75 Å². The second-order valence-electron chi connectivity index (χ2n) is 4.39. The second kappa shape index (κ2) is 5.68. The van der Waals surface area contributed by atoms with Gasteiger partial charge in [-0.05, 0) is 37.1 Å². The highest BCUT2D eigenvalue weighted by Crippen LogP contribution is 2.10. The molecule has 0 bridgehead atoms. The highest BCUT2D eigenvalue weighted by Gasteiger charge is 2.19. The van der Waals surface area contributed by atoms with E-state index in [2.05, 4.69) is 10.6 Å². The number of hydrogen-bond acceptors (Lipinski definition) is 3. The number of nitrogens with one attached hydrogen (secondary N) is 2. The minimum atomic E-state index is -0.0409. The van der Waals surface area contributed by atoms with E-state index in [0.29, 0.717) is 6.54 Å². The van der Waals surface area contributed by atoms with Gasteiger partial charge in [-0.25, -0.2) is 0 Å². The van der Waals surface area contributed by atoms with E-state index in [9.17, 15) is 4.79 Å². The van der Waals surface area contributed by atoms with Gasteiger partial charge in [0.2, 0.25) is 5.91 Å². The van der Waals surface area contributed by atoms with Gasteiger partial charge in [0.05, 0.1) is 6.04 Å². The molecule has 1 aliphatic heterocycles. The Morgan fingerprint density at radius 1 is 1.35 bits per heavy atom. The van der Waals surface area contributed by atoms with Crippen molar-refractivity contribution < 1.29 is 9.90 Å². The molecule has 1 amide bonds. The first-order valence-electron chi connectivity index (χ1n) is 6.05. The first-order valence-corrected chi connectivity index (χ1v) is 6.05. The fraction of sp³-hybridized carbons (Fsp3) is 0.462. The Bertz CT molecular complexity index is 370. The van der Waals surface area contributed by atoms with Crippen molar-refractivity contribution in [2.75, 3.05) is 6.54 Å². The molecule has 4 nitrogen and oxygen atoms in total. The van der Waals surface area contributed by atoms with Crippen LogP contribution >= 0.6 is 0 Å². The zero-order valence-corrected chi connectivity index (χ0v) is 9.78. The maximum absolute atomic E-state index is 11.8. The van der Waals surface area contributed by atoms with E-state index >= 15 is 0 Å². The summed E-state index contributed by atoms with van der Waals surface area (Å²) in [7, 11) is 0. The zero-order chi connectivity index (χ0) is 12.1. The van der Waals surface area contributed by atoms with Gasteiger partial charge in [0.1, 0.15) is 5.75 Å². The third kappa shape index (κ3) is 3.46. The smallest absolute Gasteiger partial charge is 0.237 e. The van der Waals surface area contributed by atoms with Gasteiger partial charge < -0.3 is 15.7 Å². The van der Waals surface area contributed by atoms with Crippen molar-refractivity contribution in [1.29, 1.82) is 0 Å². The lowest BCUT2D eigenvalue weighted by atomic mass is 10.0. The molecule has 0 spiro atoms. The molecule has 0 aliphatic carbocycles. The Labute approximate surface area is 101 Å². The third-order valence-corrected chi connectivity index (χ3v) is 3.03. The number of carbonyl (C=O) groups excluding carboxylic acids is 1. The highest BCUT2D eigenvalue weighted by molar-refractivity contribution is 5.81. The van der Waals surface area contributed by atoms with Crippen molar-refractivity contribution in [3.05, 3.63) is 29.8 Å². The molecule has 0 radical (unpaired) electrons. The summed E-state index contributed by atoms with van der Waals surface area (Å²) in [6.45, 7) is 1.44. The lowest BCUT2D eigenvalue weighted by molar-refractivity contribution is -0.123. The molecule has 1 aliphatic rings. The normalized spacial score (nSPS) is 19.9. The van der Waals surface area contributed by atoms with Crippen LogP contribution in [0.1, 0.15) is 24.8 Å². The molecule has 1 aromatic carbocycles. The fourth-order valence-corrected chi connectivity index (χ4v) is 2.00. The lowest BCUT2D eigenvalue weighted by Gasteiger charge is -2.22. The Kier molecular flexibility index (Phi) is 3.98. The van der Waals surface area contributed by atoms with E-state index in [-0.39, 0.29) is 17.7 Å². The number of benzene rings is 1. The fourth-order valence-electron chi connectivity index (χ4n) is 2.00. The van der Waals surface area contributed by atoms with E-state index in [1.807, 2.05) is 12.1 Å². The number of carbonyl (C=O) groups is 1.